The van der Waals surface area contributed by atoms with Crippen LogP contribution >= 0.6 is 11.3 Å². The third kappa shape index (κ3) is 2.98. The quantitative estimate of drug-likeness (QED) is 0.911. The van der Waals surface area contributed by atoms with Crippen molar-refractivity contribution >= 4 is 11.3 Å². The van der Waals surface area contributed by atoms with Crippen LogP contribution in [0.2, 0.25) is 0 Å². The van der Waals surface area contributed by atoms with Gasteiger partial charge in [-0.3, -0.25) is 0 Å². The Hall–Kier alpha value is -1.33. The first kappa shape index (κ1) is 12.7. The normalized spacial score (nSPS) is 14.8. The minimum absolute atomic E-state index is 0.733. The van der Waals surface area contributed by atoms with Gasteiger partial charge in [-0.05, 0) is 32.3 Å². The average molecular weight is 274 g/mol. The number of hydrogen-bond acceptors (Lipinski definition) is 5. The highest BCUT2D eigenvalue weighted by atomic mass is 32.1. The first-order valence-electron chi connectivity index (χ1n) is 6.78. The highest BCUT2D eigenvalue weighted by molar-refractivity contribution is 7.15. The van der Waals surface area contributed by atoms with Gasteiger partial charge in [0.15, 0.2) is 0 Å². The Morgan fingerprint density at radius 3 is 2.89 bits per heavy atom. The third-order valence-electron chi connectivity index (χ3n) is 3.24. The zero-order valence-electron chi connectivity index (χ0n) is 11.3. The van der Waals surface area contributed by atoms with Gasteiger partial charge in [0.1, 0.15) is 16.5 Å². The lowest BCUT2D eigenvalue weighted by Crippen LogP contribution is -2.15. The first-order chi connectivity index (χ1) is 9.26. The molecule has 100 valence electrons. The predicted molar refractivity (Wildman–Crippen MR) is 77.1 cm³/mol. The number of hydrogen-bond donors (Lipinski definition) is 1. The summed E-state index contributed by atoms with van der Waals surface area (Å²) in [5, 5.41) is 4.57. The standard InChI is InChI=1S/C14H18N4S/c1-3-11-13(8-16-10-4-5-10)19-14(18-11)12-6-7-15-9(2)17-12/h6-7,10,16H,3-5,8H2,1-2H3. The van der Waals surface area contributed by atoms with E-state index in [1.807, 2.05) is 13.0 Å². The van der Waals surface area contributed by atoms with Crippen molar-refractivity contribution in [3.63, 3.8) is 0 Å². The molecule has 1 aliphatic rings. The molecule has 0 aromatic carbocycles. The summed E-state index contributed by atoms with van der Waals surface area (Å²) in [6, 6.07) is 2.67. The average Bonchev–Trinajstić information content (AvgIpc) is 3.15. The van der Waals surface area contributed by atoms with E-state index in [4.69, 9.17) is 4.98 Å². The summed E-state index contributed by atoms with van der Waals surface area (Å²) in [6.45, 7) is 5.01. The molecular formula is C14H18N4S. The Morgan fingerprint density at radius 2 is 2.21 bits per heavy atom. The summed E-state index contributed by atoms with van der Waals surface area (Å²) in [5.74, 6) is 0.795. The fourth-order valence-corrected chi connectivity index (χ4v) is 3.08. The Bertz CT molecular complexity index is 575. The van der Waals surface area contributed by atoms with Crippen molar-refractivity contribution in [1.82, 2.24) is 20.3 Å². The summed E-state index contributed by atoms with van der Waals surface area (Å²) in [6.07, 6.45) is 5.41. The van der Waals surface area contributed by atoms with Crippen molar-refractivity contribution in [3.05, 3.63) is 28.7 Å². The SMILES string of the molecule is CCc1nc(-c2ccnc(C)n2)sc1CNC1CC1. The lowest BCUT2D eigenvalue weighted by Gasteiger charge is -2.00. The molecule has 0 amide bonds. The van der Waals surface area contributed by atoms with Crippen LogP contribution in [0.5, 0.6) is 0 Å². The van der Waals surface area contributed by atoms with Gasteiger partial charge in [-0.1, -0.05) is 6.92 Å². The van der Waals surface area contributed by atoms with Crippen molar-refractivity contribution in [2.45, 2.75) is 45.7 Å². The number of thiazole rings is 1. The number of aryl methyl sites for hydroxylation is 2. The van der Waals surface area contributed by atoms with Crippen molar-refractivity contribution < 1.29 is 0 Å². The summed E-state index contributed by atoms with van der Waals surface area (Å²) >= 11 is 1.75. The van der Waals surface area contributed by atoms with E-state index in [9.17, 15) is 0 Å². The lowest BCUT2D eigenvalue weighted by molar-refractivity contribution is 0.689. The van der Waals surface area contributed by atoms with E-state index < -0.39 is 0 Å². The fourth-order valence-electron chi connectivity index (χ4n) is 2.01. The van der Waals surface area contributed by atoms with Gasteiger partial charge in [-0.2, -0.15) is 0 Å². The molecule has 4 nitrogen and oxygen atoms in total. The second-order valence-corrected chi connectivity index (χ2v) is 5.97. The van der Waals surface area contributed by atoms with Crippen LogP contribution in [0.4, 0.5) is 0 Å². The van der Waals surface area contributed by atoms with Crippen LogP contribution in [0.15, 0.2) is 12.3 Å². The molecule has 0 radical (unpaired) electrons. The highest BCUT2D eigenvalue weighted by Gasteiger charge is 2.21. The Labute approximate surface area is 117 Å². The lowest BCUT2D eigenvalue weighted by atomic mass is 10.3. The molecule has 0 spiro atoms. The monoisotopic (exact) mass is 274 g/mol. The maximum absolute atomic E-state index is 4.73. The molecule has 0 bridgehead atoms. The smallest absolute Gasteiger partial charge is 0.142 e. The summed E-state index contributed by atoms with van der Waals surface area (Å²) in [7, 11) is 0. The van der Waals surface area contributed by atoms with Gasteiger partial charge in [0.2, 0.25) is 0 Å². The van der Waals surface area contributed by atoms with E-state index in [1.165, 1.54) is 23.4 Å². The van der Waals surface area contributed by atoms with Crippen molar-refractivity contribution in [3.8, 4) is 10.7 Å². The van der Waals surface area contributed by atoms with Crippen molar-refractivity contribution in [2.24, 2.45) is 0 Å². The van der Waals surface area contributed by atoms with Gasteiger partial charge in [0.25, 0.3) is 0 Å². The minimum atomic E-state index is 0.733. The Balaban J connectivity index is 1.85. The van der Waals surface area contributed by atoms with Crippen molar-refractivity contribution in [2.75, 3.05) is 0 Å². The maximum atomic E-state index is 4.73. The zero-order valence-corrected chi connectivity index (χ0v) is 12.1. The third-order valence-corrected chi connectivity index (χ3v) is 4.36. The van der Waals surface area contributed by atoms with Gasteiger partial charge < -0.3 is 5.32 Å². The molecule has 1 fully saturated rings. The van der Waals surface area contributed by atoms with Crippen LogP contribution in [0.1, 0.15) is 36.2 Å². The summed E-state index contributed by atoms with van der Waals surface area (Å²) in [5.41, 5.74) is 2.13. The largest absolute Gasteiger partial charge is 0.309 e. The van der Waals surface area contributed by atoms with E-state index in [0.717, 1.165) is 35.5 Å². The van der Waals surface area contributed by atoms with E-state index >= 15 is 0 Å². The second kappa shape index (κ2) is 5.35. The van der Waals surface area contributed by atoms with Crippen molar-refractivity contribution in [1.29, 1.82) is 0 Å². The molecule has 0 unspecified atom stereocenters. The number of nitrogens with one attached hydrogen (secondary N) is 1. The molecule has 3 rings (SSSR count). The number of nitrogens with zero attached hydrogens (tertiary/aromatic N) is 3. The van der Waals surface area contributed by atoms with Crippen LogP contribution in [-0.4, -0.2) is 21.0 Å². The van der Waals surface area contributed by atoms with Gasteiger partial charge in [0, 0.05) is 23.7 Å². The summed E-state index contributed by atoms with van der Waals surface area (Å²) in [4.78, 5) is 14.7. The molecule has 2 aromatic rings. The van der Waals surface area contributed by atoms with Gasteiger partial charge in [0.05, 0.1) is 5.69 Å². The molecule has 2 heterocycles. The van der Waals surface area contributed by atoms with Gasteiger partial charge >= 0.3 is 0 Å². The Morgan fingerprint density at radius 1 is 1.37 bits per heavy atom. The molecule has 19 heavy (non-hydrogen) atoms. The minimum Gasteiger partial charge on any atom is -0.309 e. The van der Waals surface area contributed by atoms with E-state index in [0.29, 0.717) is 0 Å². The van der Waals surface area contributed by atoms with Crippen LogP contribution in [-0.2, 0) is 13.0 Å². The molecular weight excluding hydrogens is 256 g/mol. The molecule has 0 saturated heterocycles. The maximum Gasteiger partial charge on any atom is 0.142 e. The van der Waals surface area contributed by atoms with E-state index in [1.54, 1.807) is 17.5 Å². The molecule has 1 N–H and O–H groups in total. The summed E-state index contributed by atoms with van der Waals surface area (Å²) < 4.78 is 0. The van der Waals surface area contributed by atoms with E-state index in [2.05, 4.69) is 22.2 Å². The van der Waals surface area contributed by atoms with Crippen LogP contribution in [0.25, 0.3) is 10.7 Å². The van der Waals surface area contributed by atoms with Crippen LogP contribution in [0, 0.1) is 6.92 Å². The highest BCUT2D eigenvalue weighted by Crippen LogP contribution is 2.28. The van der Waals surface area contributed by atoms with Crippen LogP contribution in [0.3, 0.4) is 0 Å². The molecule has 1 aliphatic carbocycles. The predicted octanol–water partition coefficient (Wildman–Crippen LogP) is 2.72. The molecule has 0 aliphatic heterocycles. The first-order valence-corrected chi connectivity index (χ1v) is 7.60. The molecule has 1 saturated carbocycles. The fraction of sp³-hybridized carbons (Fsp3) is 0.500. The van der Waals surface area contributed by atoms with Gasteiger partial charge in [-0.15, -0.1) is 11.3 Å². The zero-order chi connectivity index (χ0) is 13.2. The number of rotatable bonds is 5. The second-order valence-electron chi connectivity index (χ2n) is 4.89. The molecule has 2 aromatic heterocycles. The Kier molecular flexibility index (Phi) is 3.57. The van der Waals surface area contributed by atoms with Crippen LogP contribution < -0.4 is 5.32 Å². The van der Waals surface area contributed by atoms with Gasteiger partial charge in [-0.25, -0.2) is 15.0 Å². The topological polar surface area (TPSA) is 50.7 Å². The molecule has 5 heteroatoms. The van der Waals surface area contributed by atoms with E-state index in [-0.39, 0.29) is 0 Å². The number of aromatic nitrogens is 3. The molecule has 0 atom stereocenters.